The van der Waals surface area contributed by atoms with Gasteiger partial charge in [0.25, 0.3) is 0 Å². The molecule has 7 heteroatoms. The number of nitro groups is 1. The van der Waals surface area contributed by atoms with Crippen LogP contribution in [0.3, 0.4) is 0 Å². The highest BCUT2D eigenvalue weighted by Crippen LogP contribution is 2.30. The highest BCUT2D eigenvalue weighted by molar-refractivity contribution is 6.29. The van der Waals surface area contributed by atoms with Gasteiger partial charge in [-0.3, -0.25) is 10.1 Å². The predicted octanol–water partition coefficient (Wildman–Crippen LogP) is 2.93. The lowest BCUT2D eigenvalue weighted by atomic mass is 10.2. The number of hydrogen-bond donors (Lipinski definition) is 0. The van der Waals surface area contributed by atoms with Crippen molar-refractivity contribution in [3.63, 3.8) is 0 Å². The number of aromatic nitrogens is 2. The Morgan fingerprint density at radius 3 is 2.74 bits per heavy atom. The lowest BCUT2D eigenvalue weighted by Gasteiger charge is -2.07. The van der Waals surface area contributed by atoms with Gasteiger partial charge in [0.15, 0.2) is 10.9 Å². The quantitative estimate of drug-likeness (QED) is 0.635. The molecule has 0 saturated carbocycles. The molecule has 0 amide bonds. The minimum Gasteiger partial charge on any atom is -0.480 e. The van der Waals surface area contributed by atoms with Gasteiger partial charge in [-0.2, -0.15) is 5.10 Å². The van der Waals surface area contributed by atoms with Crippen molar-refractivity contribution < 1.29 is 9.66 Å². The zero-order chi connectivity index (χ0) is 13.8. The van der Waals surface area contributed by atoms with E-state index in [1.807, 2.05) is 0 Å². The fraction of sp³-hybridized carbons (Fsp3) is 0.167. The molecule has 2 aromatic rings. The zero-order valence-corrected chi connectivity index (χ0v) is 10.8. The molecule has 0 fully saturated rings. The summed E-state index contributed by atoms with van der Waals surface area (Å²) in [6.45, 7) is 1.75. The molecule has 6 nitrogen and oxygen atoms in total. The number of rotatable bonds is 4. The Bertz CT molecular complexity index is 602. The van der Waals surface area contributed by atoms with Crippen molar-refractivity contribution in [2.75, 3.05) is 0 Å². The summed E-state index contributed by atoms with van der Waals surface area (Å²) in [6, 6.07) is 8.14. The fourth-order valence-corrected chi connectivity index (χ4v) is 1.66. The molecule has 1 heterocycles. The van der Waals surface area contributed by atoms with Crippen molar-refractivity contribution in [1.82, 2.24) is 10.2 Å². The van der Waals surface area contributed by atoms with Gasteiger partial charge in [0.2, 0.25) is 0 Å². The van der Waals surface area contributed by atoms with E-state index in [0.717, 1.165) is 0 Å². The average molecular weight is 280 g/mol. The summed E-state index contributed by atoms with van der Waals surface area (Å²) in [5.74, 6) is 0.210. The number of nitrogens with zero attached hydrogens (tertiary/aromatic N) is 3. The van der Waals surface area contributed by atoms with Crippen molar-refractivity contribution in [1.29, 1.82) is 0 Å². The Morgan fingerprint density at radius 2 is 2.11 bits per heavy atom. The molecule has 1 aromatic carbocycles. The Kier molecular flexibility index (Phi) is 3.91. The number of ether oxygens (including phenoxy) is 1. The second-order valence-electron chi connectivity index (χ2n) is 3.81. The number of hydrogen-bond acceptors (Lipinski definition) is 5. The van der Waals surface area contributed by atoms with Crippen LogP contribution < -0.4 is 4.74 Å². The Morgan fingerprint density at radius 1 is 1.32 bits per heavy atom. The number of nitro benzene ring substituents is 1. The highest BCUT2D eigenvalue weighted by atomic mass is 35.5. The van der Waals surface area contributed by atoms with Gasteiger partial charge in [0.1, 0.15) is 12.3 Å². The first kappa shape index (κ1) is 13.2. The topological polar surface area (TPSA) is 78.2 Å². The molecular weight excluding hydrogens is 270 g/mol. The Balaban J connectivity index is 2.18. The van der Waals surface area contributed by atoms with Crippen LogP contribution in [0.2, 0.25) is 5.15 Å². The van der Waals surface area contributed by atoms with Crippen molar-refractivity contribution in [2.45, 2.75) is 13.5 Å². The third kappa shape index (κ3) is 3.17. The van der Waals surface area contributed by atoms with Gasteiger partial charge in [-0.05, 0) is 25.1 Å². The van der Waals surface area contributed by atoms with E-state index in [4.69, 9.17) is 16.3 Å². The van der Waals surface area contributed by atoms with Gasteiger partial charge in [-0.25, -0.2) is 0 Å². The predicted molar refractivity (Wildman–Crippen MR) is 69.2 cm³/mol. The maximum atomic E-state index is 11.0. The van der Waals surface area contributed by atoms with E-state index in [1.165, 1.54) is 0 Å². The SMILES string of the molecule is Cc1cccc(OCc2ccc(Cl)nn2)c1[N+](=O)[O-]. The lowest BCUT2D eigenvalue weighted by Crippen LogP contribution is -2.02. The summed E-state index contributed by atoms with van der Waals surface area (Å²) in [5, 5.41) is 18.7. The molecule has 0 unspecified atom stereocenters. The minimum atomic E-state index is -0.460. The van der Waals surface area contributed by atoms with Gasteiger partial charge in [-0.15, -0.1) is 5.10 Å². The third-order valence-electron chi connectivity index (χ3n) is 2.45. The van der Waals surface area contributed by atoms with Crippen molar-refractivity contribution in [2.24, 2.45) is 0 Å². The van der Waals surface area contributed by atoms with Crippen LogP contribution in [-0.2, 0) is 6.61 Å². The van der Waals surface area contributed by atoms with Gasteiger partial charge in [-0.1, -0.05) is 23.7 Å². The number of para-hydroxylation sites is 1. The third-order valence-corrected chi connectivity index (χ3v) is 2.65. The average Bonchev–Trinajstić information content (AvgIpc) is 2.37. The maximum absolute atomic E-state index is 11.0. The van der Waals surface area contributed by atoms with Crippen LogP contribution in [0.5, 0.6) is 5.75 Å². The van der Waals surface area contributed by atoms with Crippen molar-refractivity contribution >= 4 is 17.3 Å². The normalized spacial score (nSPS) is 10.2. The number of benzene rings is 1. The second kappa shape index (κ2) is 5.62. The molecule has 0 aliphatic carbocycles. The molecule has 0 atom stereocenters. The zero-order valence-electron chi connectivity index (χ0n) is 10.0. The molecule has 2 rings (SSSR count). The molecule has 0 N–H and O–H groups in total. The standard InChI is InChI=1S/C12H10ClN3O3/c1-8-3-2-4-10(12(8)16(17)18)19-7-9-5-6-11(13)15-14-9/h2-6H,7H2,1H3. The Labute approximate surface area is 114 Å². The molecule has 19 heavy (non-hydrogen) atoms. The summed E-state index contributed by atoms with van der Waals surface area (Å²) < 4.78 is 5.42. The van der Waals surface area contributed by atoms with Crippen molar-refractivity contribution in [3.8, 4) is 5.75 Å². The monoisotopic (exact) mass is 279 g/mol. The first-order chi connectivity index (χ1) is 9.08. The minimum absolute atomic E-state index is 0.0376. The smallest absolute Gasteiger partial charge is 0.313 e. The van der Waals surface area contributed by atoms with Crippen LogP contribution in [0, 0.1) is 17.0 Å². The molecule has 0 bridgehead atoms. The van der Waals surface area contributed by atoms with Crippen LogP contribution in [0.4, 0.5) is 5.69 Å². The summed E-state index contributed by atoms with van der Waals surface area (Å²) in [4.78, 5) is 10.5. The van der Waals surface area contributed by atoms with E-state index in [0.29, 0.717) is 11.3 Å². The Hall–Kier alpha value is -2.21. The summed E-state index contributed by atoms with van der Waals surface area (Å²) in [7, 11) is 0. The molecule has 98 valence electrons. The molecule has 0 aliphatic heterocycles. The van der Waals surface area contributed by atoms with Gasteiger partial charge < -0.3 is 4.74 Å². The van der Waals surface area contributed by atoms with Gasteiger partial charge >= 0.3 is 5.69 Å². The van der Waals surface area contributed by atoms with Crippen LogP contribution in [-0.4, -0.2) is 15.1 Å². The highest BCUT2D eigenvalue weighted by Gasteiger charge is 2.18. The van der Waals surface area contributed by atoms with E-state index in [2.05, 4.69) is 10.2 Å². The lowest BCUT2D eigenvalue weighted by molar-refractivity contribution is -0.386. The van der Waals surface area contributed by atoms with Crippen LogP contribution in [0.1, 0.15) is 11.3 Å². The summed E-state index contributed by atoms with van der Waals surface area (Å²) in [5.41, 5.74) is 1.05. The maximum Gasteiger partial charge on any atom is 0.313 e. The number of halogens is 1. The first-order valence-electron chi connectivity index (χ1n) is 5.43. The van der Waals surface area contributed by atoms with E-state index < -0.39 is 4.92 Å². The largest absolute Gasteiger partial charge is 0.480 e. The molecule has 0 spiro atoms. The van der Waals surface area contributed by atoms with Crippen LogP contribution in [0.25, 0.3) is 0 Å². The van der Waals surface area contributed by atoms with E-state index in [1.54, 1.807) is 37.3 Å². The first-order valence-corrected chi connectivity index (χ1v) is 5.80. The summed E-state index contributed by atoms with van der Waals surface area (Å²) >= 11 is 5.61. The molecule has 1 aromatic heterocycles. The molecule has 0 saturated heterocycles. The number of aryl methyl sites for hydroxylation is 1. The molecule has 0 aliphatic rings. The fourth-order valence-electron chi connectivity index (χ4n) is 1.55. The van der Waals surface area contributed by atoms with E-state index >= 15 is 0 Å². The molecular formula is C12H10ClN3O3. The van der Waals surface area contributed by atoms with E-state index in [-0.39, 0.29) is 23.2 Å². The van der Waals surface area contributed by atoms with Crippen LogP contribution >= 0.6 is 11.6 Å². The molecule has 0 radical (unpaired) electrons. The van der Waals surface area contributed by atoms with Crippen molar-refractivity contribution in [3.05, 3.63) is 56.9 Å². The van der Waals surface area contributed by atoms with Gasteiger partial charge in [0, 0.05) is 5.56 Å². The van der Waals surface area contributed by atoms with Crippen LogP contribution in [0.15, 0.2) is 30.3 Å². The summed E-state index contributed by atoms with van der Waals surface area (Å²) in [6.07, 6.45) is 0. The second-order valence-corrected chi connectivity index (χ2v) is 4.20. The van der Waals surface area contributed by atoms with Gasteiger partial charge in [0.05, 0.1) is 4.92 Å². The van der Waals surface area contributed by atoms with E-state index in [9.17, 15) is 10.1 Å².